The summed E-state index contributed by atoms with van der Waals surface area (Å²) >= 11 is 0. The summed E-state index contributed by atoms with van der Waals surface area (Å²) in [5.74, 6) is 0.0676. The number of nitrogens with two attached hydrogens (primary N) is 1. The van der Waals surface area contributed by atoms with Crippen molar-refractivity contribution in [3.63, 3.8) is 0 Å². The molecule has 2 fully saturated rings. The number of hydrogen-bond acceptors (Lipinski definition) is 4. The van der Waals surface area contributed by atoms with Gasteiger partial charge >= 0.3 is 0 Å². The molecule has 17 heavy (non-hydrogen) atoms. The Kier molecular flexibility index (Phi) is 4.01. The van der Waals surface area contributed by atoms with E-state index in [0.717, 1.165) is 19.3 Å². The average Bonchev–Trinajstić information content (AvgIpc) is 2.77. The Morgan fingerprint density at radius 1 is 1.47 bits per heavy atom. The fraction of sp³-hybridized carbons (Fsp3) is 0.917. The first-order chi connectivity index (χ1) is 8.15. The van der Waals surface area contributed by atoms with Crippen LogP contribution in [0.25, 0.3) is 0 Å². The van der Waals surface area contributed by atoms with Crippen molar-refractivity contribution in [1.82, 2.24) is 5.32 Å². The van der Waals surface area contributed by atoms with Gasteiger partial charge in [-0.05, 0) is 26.2 Å². The van der Waals surface area contributed by atoms with E-state index in [-0.39, 0.29) is 23.5 Å². The molecule has 0 spiro atoms. The molecule has 0 aromatic rings. The number of carbonyl (C=O) groups is 1. The maximum atomic E-state index is 12.1. The monoisotopic (exact) mass is 242 g/mol. The van der Waals surface area contributed by atoms with Gasteiger partial charge in [0.1, 0.15) is 0 Å². The molecule has 0 aromatic carbocycles. The lowest BCUT2D eigenvalue weighted by Gasteiger charge is -2.37. The van der Waals surface area contributed by atoms with E-state index < -0.39 is 0 Å². The lowest BCUT2D eigenvalue weighted by molar-refractivity contribution is -0.128. The van der Waals surface area contributed by atoms with Crippen molar-refractivity contribution in [2.75, 3.05) is 26.4 Å². The standard InChI is InChI=1S/C12H22N2O3/c1-9-6-10(7-17-9)11(15)14-12(8-13)2-4-16-5-3-12/h9-10H,2-8,13H2,1H3,(H,14,15). The van der Waals surface area contributed by atoms with Crippen LogP contribution in [-0.2, 0) is 14.3 Å². The zero-order valence-electron chi connectivity index (χ0n) is 10.4. The summed E-state index contributed by atoms with van der Waals surface area (Å²) in [6, 6.07) is 0. The van der Waals surface area contributed by atoms with Crippen LogP contribution in [0.2, 0.25) is 0 Å². The highest BCUT2D eigenvalue weighted by molar-refractivity contribution is 5.80. The van der Waals surface area contributed by atoms with E-state index in [2.05, 4.69) is 5.32 Å². The molecule has 2 atom stereocenters. The van der Waals surface area contributed by atoms with Gasteiger partial charge in [-0.25, -0.2) is 0 Å². The second-order valence-electron chi connectivity index (χ2n) is 5.16. The summed E-state index contributed by atoms with van der Waals surface area (Å²) in [4.78, 5) is 12.1. The first kappa shape index (κ1) is 12.8. The first-order valence-electron chi connectivity index (χ1n) is 6.37. The van der Waals surface area contributed by atoms with Gasteiger partial charge in [0, 0.05) is 19.8 Å². The molecule has 0 saturated carbocycles. The molecule has 0 bridgehead atoms. The number of ether oxygens (including phenoxy) is 2. The molecule has 2 heterocycles. The van der Waals surface area contributed by atoms with Gasteiger partial charge in [0.25, 0.3) is 0 Å². The predicted octanol–water partition coefficient (Wildman–Crippen LogP) is 0.0355. The summed E-state index contributed by atoms with van der Waals surface area (Å²) in [5.41, 5.74) is 5.55. The summed E-state index contributed by atoms with van der Waals surface area (Å²) < 4.78 is 10.7. The second kappa shape index (κ2) is 5.33. The van der Waals surface area contributed by atoms with E-state index in [1.165, 1.54) is 0 Å². The topological polar surface area (TPSA) is 73.6 Å². The van der Waals surface area contributed by atoms with Gasteiger partial charge in [0.15, 0.2) is 0 Å². The number of nitrogens with one attached hydrogen (secondary N) is 1. The fourth-order valence-electron chi connectivity index (χ4n) is 2.51. The van der Waals surface area contributed by atoms with Crippen LogP contribution in [0.4, 0.5) is 0 Å². The van der Waals surface area contributed by atoms with Crippen LogP contribution in [0, 0.1) is 5.92 Å². The fourth-order valence-corrected chi connectivity index (χ4v) is 2.51. The van der Waals surface area contributed by atoms with Gasteiger partial charge in [0.05, 0.1) is 24.2 Å². The Morgan fingerprint density at radius 2 is 2.18 bits per heavy atom. The Morgan fingerprint density at radius 3 is 2.71 bits per heavy atom. The highest BCUT2D eigenvalue weighted by Crippen LogP contribution is 2.23. The average molecular weight is 242 g/mol. The third-order valence-electron chi connectivity index (χ3n) is 3.80. The Bertz CT molecular complexity index is 277. The molecule has 98 valence electrons. The molecule has 2 aliphatic heterocycles. The molecule has 2 unspecified atom stereocenters. The van der Waals surface area contributed by atoms with Crippen molar-refractivity contribution in [1.29, 1.82) is 0 Å². The molecule has 3 N–H and O–H groups in total. The van der Waals surface area contributed by atoms with E-state index in [1.54, 1.807) is 0 Å². The van der Waals surface area contributed by atoms with E-state index in [1.807, 2.05) is 6.92 Å². The van der Waals surface area contributed by atoms with Gasteiger partial charge in [-0.15, -0.1) is 0 Å². The van der Waals surface area contributed by atoms with Crippen LogP contribution < -0.4 is 11.1 Å². The number of rotatable bonds is 3. The minimum atomic E-state index is -0.263. The smallest absolute Gasteiger partial charge is 0.226 e. The van der Waals surface area contributed by atoms with Crippen molar-refractivity contribution >= 4 is 5.91 Å². The Hall–Kier alpha value is -0.650. The van der Waals surface area contributed by atoms with Crippen molar-refractivity contribution in [2.24, 2.45) is 11.7 Å². The normalized spacial score (nSPS) is 32.4. The van der Waals surface area contributed by atoms with Crippen molar-refractivity contribution in [2.45, 2.75) is 37.8 Å². The molecule has 5 nitrogen and oxygen atoms in total. The first-order valence-corrected chi connectivity index (χ1v) is 6.37. The van der Waals surface area contributed by atoms with Crippen molar-refractivity contribution < 1.29 is 14.3 Å². The highest BCUT2D eigenvalue weighted by atomic mass is 16.5. The minimum absolute atomic E-state index is 0.0173. The molecule has 1 amide bonds. The quantitative estimate of drug-likeness (QED) is 0.732. The van der Waals surface area contributed by atoms with Crippen LogP contribution in [0.5, 0.6) is 0 Å². The predicted molar refractivity (Wildman–Crippen MR) is 63.5 cm³/mol. The van der Waals surface area contributed by atoms with E-state index in [4.69, 9.17) is 15.2 Å². The third kappa shape index (κ3) is 2.97. The van der Waals surface area contributed by atoms with Gasteiger partial charge in [-0.2, -0.15) is 0 Å². The summed E-state index contributed by atoms with van der Waals surface area (Å²) in [7, 11) is 0. The summed E-state index contributed by atoms with van der Waals surface area (Å²) in [6.07, 6.45) is 2.61. The van der Waals surface area contributed by atoms with Crippen LogP contribution in [-0.4, -0.2) is 43.9 Å². The maximum absolute atomic E-state index is 12.1. The van der Waals surface area contributed by atoms with Gasteiger partial charge in [-0.1, -0.05) is 0 Å². The zero-order valence-corrected chi connectivity index (χ0v) is 10.4. The molecule has 0 radical (unpaired) electrons. The lowest BCUT2D eigenvalue weighted by atomic mass is 9.89. The Balaban J connectivity index is 1.91. The second-order valence-corrected chi connectivity index (χ2v) is 5.16. The van der Waals surface area contributed by atoms with Crippen LogP contribution >= 0.6 is 0 Å². The Labute approximate surface area is 102 Å². The lowest BCUT2D eigenvalue weighted by Crippen LogP contribution is -2.58. The van der Waals surface area contributed by atoms with Crippen LogP contribution in [0.15, 0.2) is 0 Å². The van der Waals surface area contributed by atoms with Crippen molar-refractivity contribution in [3.8, 4) is 0 Å². The number of carbonyl (C=O) groups excluding carboxylic acids is 1. The molecule has 2 aliphatic rings. The van der Waals surface area contributed by atoms with Gasteiger partial charge in [0.2, 0.25) is 5.91 Å². The maximum Gasteiger partial charge on any atom is 0.226 e. The molecular formula is C12H22N2O3. The molecule has 0 aromatic heterocycles. The highest BCUT2D eigenvalue weighted by Gasteiger charge is 2.36. The van der Waals surface area contributed by atoms with Gasteiger partial charge in [-0.3, -0.25) is 4.79 Å². The largest absolute Gasteiger partial charge is 0.381 e. The molecule has 2 rings (SSSR count). The molecule has 5 heteroatoms. The third-order valence-corrected chi connectivity index (χ3v) is 3.80. The van der Waals surface area contributed by atoms with Gasteiger partial charge < -0.3 is 20.5 Å². The zero-order chi connectivity index (χ0) is 12.3. The minimum Gasteiger partial charge on any atom is -0.381 e. The number of hydrogen-bond donors (Lipinski definition) is 2. The van der Waals surface area contributed by atoms with Crippen LogP contribution in [0.3, 0.4) is 0 Å². The SMILES string of the molecule is CC1CC(C(=O)NC2(CN)CCOCC2)CO1. The van der Waals surface area contributed by atoms with Crippen molar-refractivity contribution in [3.05, 3.63) is 0 Å². The number of amides is 1. The van der Waals surface area contributed by atoms with E-state index in [0.29, 0.717) is 26.4 Å². The van der Waals surface area contributed by atoms with E-state index >= 15 is 0 Å². The molecular weight excluding hydrogens is 220 g/mol. The van der Waals surface area contributed by atoms with E-state index in [9.17, 15) is 4.79 Å². The molecule has 0 aliphatic carbocycles. The van der Waals surface area contributed by atoms with Crippen LogP contribution in [0.1, 0.15) is 26.2 Å². The summed E-state index contributed by atoms with van der Waals surface area (Å²) in [5, 5.41) is 3.12. The summed E-state index contributed by atoms with van der Waals surface area (Å²) in [6.45, 7) is 4.36. The molecule has 2 saturated heterocycles.